The monoisotopic (exact) mass is 331 g/mol. The fourth-order valence-corrected chi connectivity index (χ4v) is 3.94. The van der Waals surface area contributed by atoms with Gasteiger partial charge in [-0.25, -0.2) is 4.79 Å². The Morgan fingerprint density at radius 1 is 1.38 bits per heavy atom. The summed E-state index contributed by atoms with van der Waals surface area (Å²) >= 11 is 0. The van der Waals surface area contributed by atoms with Gasteiger partial charge in [-0.2, -0.15) is 0 Å². The maximum absolute atomic E-state index is 12.2. The van der Waals surface area contributed by atoms with Crippen molar-refractivity contribution in [1.29, 1.82) is 0 Å². The molecule has 132 valence electrons. The Morgan fingerprint density at radius 2 is 2.17 bits per heavy atom. The van der Waals surface area contributed by atoms with Crippen molar-refractivity contribution < 1.29 is 9.90 Å². The molecule has 1 aliphatic heterocycles. The molecule has 1 aromatic carbocycles. The lowest BCUT2D eigenvalue weighted by Crippen LogP contribution is -2.42. The Hall–Kier alpha value is -1.59. The highest BCUT2D eigenvalue weighted by Crippen LogP contribution is 2.31. The zero-order valence-corrected chi connectivity index (χ0v) is 14.7. The first-order valence-corrected chi connectivity index (χ1v) is 9.05. The molecule has 2 aliphatic rings. The van der Waals surface area contributed by atoms with Gasteiger partial charge in [-0.05, 0) is 35.9 Å². The normalized spacial score (nSPS) is 26.6. The van der Waals surface area contributed by atoms with E-state index in [0.717, 1.165) is 37.2 Å². The van der Waals surface area contributed by atoms with Gasteiger partial charge in [-0.1, -0.05) is 38.1 Å². The van der Waals surface area contributed by atoms with Crippen molar-refractivity contribution >= 4 is 6.03 Å². The second kappa shape index (κ2) is 7.53. The average Bonchev–Trinajstić information content (AvgIpc) is 3.10. The first kappa shape index (κ1) is 17.2. The predicted octanol–water partition coefficient (Wildman–Crippen LogP) is 1.92. The topological polar surface area (TPSA) is 64.6 Å². The highest BCUT2D eigenvalue weighted by molar-refractivity contribution is 5.74. The number of carbonyl (C=O) groups is 1. The summed E-state index contributed by atoms with van der Waals surface area (Å²) in [6, 6.07) is 7.43. The Kier molecular flexibility index (Phi) is 5.41. The average molecular weight is 331 g/mol. The molecule has 1 heterocycles. The molecule has 3 atom stereocenters. The van der Waals surface area contributed by atoms with E-state index in [4.69, 9.17) is 0 Å². The molecule has 5 heteroatoms. The quantitative estimate of drug-likeness (QED) is 0.772. The number of benzene rings is 1. The highest BCUT2D eigenvalue weighted by atomic mass is 16.3. The number of carbonyl (C=O) groups excluding carboxylic acids is 1. The van der Waals surface area contributed by atoms with Crippen LogP contribution in [0.4, 0.5) is 4.79 Å². The summed E-state index contributed by atoms with van der Waals surface area (Å²) in [5.74, 6) is 1.21. The van der Waals surface area contributed by atoms with Gasteiger partial charge in [-0.15, -0.1) is 0 Å². The van der Waals surface area contributed by atoms with Crippen molar-refractivity contribution in [3.05, 3.63) is 35.4 Å². The summed E-state index contributed by atoms with van der Waals surface area (Å²) in [4.78, 5) is 14.7. The molecular formula is C19H29N3O2. The van der Waals surface area contributed by atoms with E-state index >= 15 is 0 Å². The fourth-order valence-electron chi connectivity index (χ4n) is 3.94. The molecule has 1 aliphatic carbocycles. The number of urea groups is 1. The lowest BCUT2D eigenvalue weighted by molar-refractivity contribution is 0.142. The first-order valence-electron chi connectivity index (χ1n) is 9.05. The molecule has 0 saturated carbocycles. The van der Waals surface area contributed by atoms with Gasteiger partial charge in [0, 0.05) is 26.1 Å². The van der Waals surface area contributed by atoms with Crippen LogP contribution in [0, 0.1) is 11.8 Å². The van der Waals surface area contributed by atoms with E-state index in [0.29, 0.717) is 24.8 Å². The van der Waals surface area contributed by atoms with Gasteiger partial charge in [-0.3, -0.25) is 0 Å². The highest BCUT2D eigenvalue weighted by Gasteiger charge is 2.32. The van der Waals surface area contributed by atoms with E-state index in [1.165, 1.54) is 0 Å². The van der Waals surface area contributed by atoms with E-state index in [1.54, 1.807) is 0 Å². The van der Waals surface area contributed by atoms with Crippen molar-refractivity contribution in [1.82, 2.24) is 15.5 Å². The minimum Gasteiger partial charge on any atom is -0.390 e. The molecule has 3 unspecified atom stereocenters. The maximum Gasteiger partial charge on any atom is 0.315 e. The Bertz CT molecular complexity index is 575. The number of rotatable bonds is 5. The Labute approximate surface area is 144 Å². The third-order valence-electron chi connectivity index (χ3n) is 5.04. The molecule has 0 bridgehead atoms. The molecular weight excluding hydrogens is 302 g/mol. The van der Waals surface area contributed by atoms with Crippen molar-refractivity contribution in [2.75, 3.05) is 26.2 Å². The summed E-state index contributed by atoms with van der Waals surface area (Å²) in [6.45, 7) is 8.50. The van der Waals surface area contributed by atoms with Crippen LogP contribution < -0.4 is 10.6 Å². The third-order valence-corrected chi connectivity index (χ3v) is 5.04. The van der Waals surface area contributed by atoms with E-state index < -0.39 is 6.10 Å². The summed E-state index contributed by atoms with van der Waals surface area (Å²) in [5.41, 5.74) is 2.15. The van der Waals surface area contributed by atoms with Gasteiger partial charge in [0.05, 0.1) is 12.1 Å². The molecule has 3 N–H and O–H groups in total. The van der Waals surface area contributed by atoms with Crippen LogP contribution in [0.3, 0.4) is 0 Å². The summed E-state index contributed by atoms with van der Waals surface area (Å²) < 4.78 is 0. The van der Waals surface area contributed by atoms with Gasteiger partial charge in [0.25, 0.3) is 0 Å². The van der Waals surface area contributed by atoms with Crippen molar-refractivity contribution in [3.8, 4) is 0 Å². The molecule has 2 amide bonds. The summed E-state index contributed by atoms with van der Waals surface area (Å²) in [6.07, 6.45) is 1.21. The number of nitrogens with one attached hydrogen (secondary N) is 2. The second-order valence-electron chi connectivity index (χ2n) is 7.61. The Balaban J connectivity index is 1.45. The van der Waals surface area contributed by atoms with E-state index in [2.05, 4.69) is 29.4 Å². The van der Waals surface area contributed by atoms with Gasteiger partial charge in [0.2, 0.25) is 0 Å². The molecule has 1 aromatic rings. The van der Waals surface area contributed by atoms with Crippen LogP contribution in [0.15, 0.2) is 24.3 Å². The van der Waals surface area contributed by atoms with Gasteiger partial charge < -0.3 is 20.6 Å². The lowest BCUT2D eigenvalue weighted by Gasteiger charge is -2.20. The minimum absolute atomic E-state index is 0.182. The first-order chi connectivity index (χ1) is 11.5. The van der Waals surface area contributed by atoms with Crippen LogP contribution in [0.1, 0.15) is 37.4 Å². The van der Waals surface area contributed by atoms with Gasteiger partial charge in [0.15, 0.2) is 0 Å². The van der Waals surface area contributed by atoms with Gasteiger partial charge >= 0.3 is 6.03 Å². The number of nitrogens with zero attached hydrogens (tertiary/aromatic N) is 1. The SMILES string of the molecule is CC(C)CN1CCC(CNC(=O)NC2c3ccccc3CC2O)C1. The molecule has 3 rings (SSSR count). The molecule has 0 aromatic heterocycles. The summed E-state index contributed by atoms with van der Waals surface area (Å²) in [7, 11) is 0. The van der Waals surface area contributed by atoms with Crippen LogP contribution in [-0.4, -0.2) is 48.3 Å². The largest absolute Gasteiger partial charge is 0.390 e. The standard InChI is InChI=1S/C19H29N3O2/c1-13(2)11-22-8-7-14(12-22)10-20-19(24)21-18-16-6-4-3-5-15(16)9-17(18)23/h3-6,13-14,17-18,23H,7-12H2,1-2H3,(H2,20,21,24). The maximum atomic E-state index is 12.2. The molecule has 1 saturated heterocycles. The lowest BCUT2D eigenvalue weighted by atomic mass is 10.1. The zero-order valence-electron chi connectivity index (χ0n) is 14.7. The Morgan fingerprint density at radius 3 is 2.96 bits per heavy atom. The molecule has 0 spiro atoms. The van der Waals surface area contributed by atoms with Crippen LogP contribution in [-0.2, 0) is 6.42 Å². The van der Waals surface area contributed by atoms with Crippen LogP contribution in [0.5, 0.6) is 0 Å². The fraction of sp³-hybridized carbons (Fsp3) is 0.632. The molecule has 24 heavy (non-hydrogen) atoms. The number of aliphatic hydroxyl groups is 1. The number of hydrogen-bond donors (Lipinski definition) is 3. The molecule has 1 fully saturated rings. The van der Waals surface area contributed by atoms with Crippen LogP contribution in [0.25, 0.3) is 0 Å². The number of aliphatic hydroxyl groups excluding tert-OH is 1. The second-order valence-corrected chi connectivity index (χ2v) is 7.61. The van der Waals surface area contributed by atoms with E-state index in [-0.39, 0.29) is 12.1 Å². The van der Waals surface area contributed by atoms with Crippen molar-refractivity contribution in [3.63, 3.8) is 0 Å². The summed E-state index contributed by atoms with van der Waals surface area (Å²) in [5, 5.41) is 16.1. The van der Waals surface area contributed by atoms with E-state index in [9.17, 15) is 9.90 Å². The third kappa shape index (κ3) is 4.08. The molecule has 5 nitrogen and oxygen atoms in total. The number of amides is 2. The van der Waals surface area contributed by atoms with Crippen molar-refractivity contribution in [2.45, 2.75) is 38.8 Å². The van der Waals surface area contributed by atoms with E-state index in [1.807, 2.05) is 24.3 Å². The number of likely N-dealkylation sites (tertiary alicyclic amines) is 1. The number of fused-ring (bicyclic) bond motifs is 1. The number of hydrogen-bond acceptors (Lipinski definition) is 3. The zero-order chi connectivity index (χ0) is 17.1. The molecule has 0 radical (unpaired) electrons. The van der Waals surface area contributed by atoms with Crippen LogP contribution >= 0.6 is 0 Å². The van der Waals surface area contributed by atoms with Crippen LogP contribution in [0.2, 0.25) is 0 Å². The smallest absolute Gasteiger partial charge is 0.315 e. The van der Waals surface area contributed by atoms with Gasteiger partial charge in [0.1, 0.15) is 0 Å². The minimum atomic E-state index is -0.541. The van der Waals surface area contributed by atoms with Crippen molar-refractivity contribution in [2.24, 2.45) is 11.8 Å². The predicted molar refractivity (Wildman–Crippen MR) is 94.8 cm³/mol.